The van der Waals surface area contributed by atoms with Crippen molar-refractivity contribution in [1.82, 2.24) is 5.32 Å². The minimum absolute atomic E-state index is 0.178. The maximum atomic E-state index is 8.73. The Morgan fingerprint density at radius 2 is 1.81 bits per heavy atom. The molecule has 0 radical (unpaired) electrons. The Morgan fingerprint density at radius 3 is 2.33 bits per heavy atom. The highest BCUT2D eigenvalue weighted by Gasteiger charge is 2.14. The maximum absolute atomic E-state index is 8.73. The van der Waals surface area contributed by atoms with Gasteiger partial charge in [-0.3, -0.25) is 0 Å². The molecule has 0 spiro atoms. The number of hydrogen-bond donors (Lipinski definition) is 1. The summed E-state index contributed by atoms with van der Waals surface area (Å²) in [6, 6.07) is 14.5. The van der Waals surface area contributed by atoms with Crippen LogP contribution in [0.15, 0.2) is 40.8 Å². The Hall–Kier alpha value is -2.05. The average molecular weight is 282 g/mol. The molecule has 2 aromatic rings. The van der Waals surface area contributed by atoms with Gasteiger partial charge in [0, 0.05) is 6.04 Å². The third-order valence-electron chi connectivity index (χ3n) is 3.63. The van der Waals surface area contributed by atoms with Crippen molar-refractivity contribution in [3.8, 4) is 6.07 Å². The van der Waals surface area contributed by atoms with Gasteiger partial charge in [-0.2, -0.15) is 5.26 Å². The minimum Gasteiger partial charge on any atom is -0.449 e. The van der Waals surface area contributed by atoms with Crippen LogP contribution >= 0.6 is 0 Å². The molecule has 0 aliphatic heterocycles. The average Bonchev–Trinajstić information content (AvgIpc) is 2.92. The van der Waals surface area contributed by atoms with E-state index in [0.717, 1.165) is 5.76 Å². The van der Waals surface area contributed by atoms with Crippen molar-refractivity contribution in [2.75, 3.05) is 0 Å². The van der Waals surface area contributed by atoms with Gasteiger partial charge in [-0.1, -0.05) is 45.0 Å². The number of nitriles is 1. The van der Waals surface area contributed by atoms with Crippen LogP contribution in [0.2, 0.25) is 0 Å². The molecule has 0 aliphatic rings. The standard InChI is InChI=1S/C18H22N2O/c1-13(20-12-17-10-9-16(11-19)21-17)14-5-7-15(8-6-14)18(2,3)4/h5-10,13,20H,12H2,1-4H3. The molecule has 1 aromatic carbocycles. The van der Waals surface area contributed by atoms with Crippen LogP contribution in [0.5, 0.6) is 0 Å². The van der Waals surface area contributed by atoms with E-state index in [1.54, 1.807) is 6.07 Å². The van der Waals surface area contributed by atoms with Gasteiger partial charge in [0.1, 0.15) is 11.8 Å². The van der Waals surface area contributed by atoms with E-state index in [1.807, 2.05) is 12.1 Å². The Kier molecular flexibility index (Phi) is 4.50. The first-order chi connectivity index (χ1) is 9.90. The maximum Gasteiger partial charge on any atom is 0.203 e. The fourth-order valence-electron chi connectivity index (χ4n) is 2.18. The fourth-order valence-corrected chi connectivity index (χ4v) is 2.18. The van der Waals surface area contributed by atoms with Gasteiger partial charge in [-0.15, -0.1) is 0 Å². The molecule has 0 fully saturated rings. The lowest BCUT2D eigenvalue weighted by molar-refractivity contribution is 0.453. The summed E-state index contributed by atoms with van der Waals surface area (Å²) in [6.45, 7) is 9.39. The number of hydrogen-bond acceptors (Lipinski definition) is 3. The van der Waals surface area contributed by atoms with Crippen LogP contribution in [0.3, 0.4) is 0 Å². The quantitative estimate of drug-likeness (QED) is 0.909. The third kappa shape index (κ3) is 3.96. The van der Waals surface area contributed by atoms with Crippen LogP contribution < -0.4 is 5.32 Å². The molecule has 2 rings (SSSR count). The Morgan fingerprint density at radius 1 is 1.14 bits per heavy atom. The molecule has 1 heterocycles. The van der Waals surface area contributed by atoms with Crippen LogP contribution in [-0.4, -0.2) is 0 Å². The summed E-state index contributed by atoms with van der Waals surface area (Å²) in [7, 11) is 0. The Bertz CT molecular complexity index is 626. The normalized spacial score (nSPS) is 12.9. The van der Waals surface area contributed by atoms with Crippen LogP contribution in [0, 0.1) is 11.3 Å². The molecular formula is C18H22N2O. The fraction of sp³-hybridized carbons (Fsp3) is 0.389. The lowest BCUT2D eigenvalue weighted by Crippen LogP contribution is -2.18. The third-order valence-corrected chi connectivity index (χ3v) is 3.63. The molecule has 1 unspecified atom stereocenters. The van der Waals surface area contributed by atoms with E-state index in [-0.39, 0.29) is 11.5 Å². The number of furan rings is 1. The summed E-state index contributed by atoms with van der Waals surface area (Å²) in [5, 5.41) is 12.1. The molecule has 110 valence electrons. The van der Waals surface area contributed by atoms with Crippen molar-refractivity contribution in [3.05, 3.63) is 59.0 Å². The molecule has 0 saturated carbocycles. The summed E-state index contributed by atoms with van der Waals surface area (Å²) in [5.41, 5.74) is 2.76. The van der Waals surface area contributed by atoms with E-state index < -0.39 is 0 Å². The van der Waals surface area contributed by atoms with Crippen molar-refractivity contribution in [3.63, 3.8) is 0 Å². The van der Waals surface area contributed by atoms with Gasteiger partial charge in [-0.25, -0.2) is 0 Å². The molecular weight excluding hydrogens is 260 g/mol. The van der Waals surface area contributed by atoms with Gasteiger partial charge in [0.05, 0.1) is 6.54 Å². The lowest BCUT2D eigenvalue weighted by Gasteiger charge is -2.20. The second kappa shape index (κ2) is 6.15. The zero-order chi connectivity index (χ0) is 15.5. The predicted molar refractivity (Wildman–Crippen MR) is 83.8 cm³/mol. The number of rotatable bonds is 4. The van der Waals surface area contributed by atoms with Gasteiger partial charge < -0.3 is 9.73 Å². The molecule has 1 N–H and O–H groups in total. The van der Waals surface area contributed by atoms with Crippen LogP contribution in [0.4, 0.5) is 0 Å². The van der Waals surface area contributed by atoms with E-state index in [4.69, 9.17) is 9.68 Å². The molecule has 1 atom stereocenters. The highest BCUT2D eigenvalue weighted by molar-refractivity contribution is 5.29. The molecule has 0 saturated heterocycles. The summed E-state index contributed by atoms with van der Waals surface area (Å²) in [4.78, 5) is 0. The van der Waals surface area contributed by atoms with Crippen LogP contribution in [-0.2, 0) is 12.0 Å². The highest BCUT2D eigenvalue weighted by Crippen LogP contribution is 2.24. The molecule has 0 amide bonds. The Balaban J connectivity index is 1.97. The molecule has 0 aliphatic carbocycles. The van der Waals surface area contributed by atoms with Crippen molar-refractivity contribution >= 4 is 0 Å². The smallest absolute Gasteiger partial charge is 0.203 e. The van der Waals surface area contributed by atoms with Crippen molar-refractivity contribution < 1.29 is 4.42 Å². The van der Waals surface area contributed by atoms with Gasteiger partial charge in [0.15, 0.2) is 0 Å². The highest BCUT2D eigenvalue weighted by atomic mass is 16.3. The summed E-state index contributed by atoms with van der Waals surface area (Å²) in [5.74, 6) is 1.14. The van der Waals surface area contributed by atoms with E-state index in [9.17, 15) is 0 Å². The lowest BCUT2D eigenvalue weighted by atomic mass is 9.86. The van der Waals surface area contributed by atoms with E-state index in [2.05, 4.69) is 57.3 Å². The van der Waals surface area contributed by atoms with Crippen molar-refractivity contribution in [2.24, 2.45) is 0 Å². The van der Waals surface area contributed by atoms with Crippen LogP contribution in [0.1, 0.15) is 56.4 Å². The molecule has 1 aromatic heterocycles. The minimum atomic E-state index is 0.178. The first-order valence-corrected chi connectivity index (χ1v) is 7.23. The van der Waals surface area contributed by atoms with E-state index in [0.29, 0.717) is 12.3 Å². The van der Waals surface area contributed by atoms with Crippen LogP contribution in [0.25, 0.3) is 0 Å². The van der Waals surface area contributed by atoms with Crippen molar-refractivity contribution in [1.29, 1.82) is 5.26 Å². The zero-order valence-corrected chi connectivity index (χ0v) is 13.1. The van der Waals surface area contributed by atoms with Gasteiger partial charge in [0.25, 0.3) is 0 Å². The van der Waals surface area contributed by atoms with E-state index >= 15 is 0 Å². The molecule has 21 heavy (non-hydrogen) atoms. The van der Waals surface area contributed by atoms with E-state index in [1.165, 1.54) is 11.1 Å². The number of nitrogens with zero attached hydrogens (tertiary/aromatic N) is 1. The largest absolute Gasteiger partial charge is 0.449 e. The first kappa shape index (κ1) is 15.3. The predicted octanol–water partition coefficient (Wildman–Crippen LogP) is 4.30. The summed E-state index contributed by atoms with van der Waals surface area (Å²) < 4.78 is 5.36. The second-order valence-corrected chi connectivity index (χ2v) is 6.35. The SMILES string of the molecule is CC(NCc1ccc(C#N)o1)c1ccc(C(C)(C)C)cc1. The van der Waals surface area contributed by atoms with Gasteiger partial charge in [-0.05, 0) is 35.6 Å². The number of nitrogens with one attached hydrogen (secondary N) is 1. The molecule has 0 bridgehead atoms. The molecule has 3 nitrogen and oxygen atoms in total. The zero-order valence-electron chi connectivity index (χ0n) is 13.1. The summed E-state index contributed by atoms with van der Waals surface area (Å²) >= 11 is 0. The Labute approximate surface area is 126 Å². The second-order valence-electron chi connectivity index (χ2n) is 6.35. The monoisotopic (exact) mass is 282 g/mol. The number of benzene rings is 1. The first-order valence-electron chi connectivity index (χ1n) is 7.23. The molecule has 3 heteroatoms. The van der Waals surface area contributed by atoms with Gasteiger partial charge in [0.2, 0.25) is 5.76 Å². The topological polar surface area (TPSA) is 49.0 Å². The van der Waals surface area contributed by atoms with Crippen molar-refractivity contribution in [2.45, 2.75) is 45.7 Å². The van der Waals surface area contributed by atoms with Gasteiger partial charge >= 0.3 is 0 Å². The summed E-state index contributed by atoms with van der Waals surface area (Å²) in [6.07, 6.45) is 0.